The molecule has 8 heteroatoms. The number of ether oxygens (including phenoxy) is 1. The fourth-order valence-electron chi connectivity index (χ4n) is 2.98. The van der Waals surface area contributed by atoms with Gasteiger partial charge in [-0.25, -0.2) is 17.2 Å². The van der Waals surface area contributed by atoms with E-state index in [1.807, 2.05) is 31.2 Å². The van der Waals surface area contributed by atoms with E-state index in [1.165, 1.54) is 0 Å². The van der Waals surface area contributed by atoms with Crippen LogP contribution in [0.5, 0.6) is 5.75 Å². The van der Waals surface area contributed by atoms with Crippen LogP contribution in [0.15, 0.2) is 47.4 Å². The van der Waals surface area contributed by atoms with E-state index in [0.29, 0.717) is 26.2 Å². The zero-order valence-corrected chi connectivity index (χ0v) is 15.9. The molecule has 1 fully saturated rings. The number of nitrogens with zero attached hydrogens (tertiary/aromatic N) is 2. The van der Waals surface area contributed by atoms with E-state index in [4.69, 9.17) is 4.74 Å². The summed E-state index contributed by atoms with van der Waals surface area (Å²) in [5, 5.41) is 0. The predicted molar refractivity (Wildman–Crippen MR) is 98.2 cm³/mol. The van der Waals surface area contributed by atoms with Crippen molar-refractivity contribution in [2.75, 3.05) is 39.3 Å². The van der Waals surface area contributed by atoms with E-state index in [9.17, 15) is 17.2 Å². The molecule has 1 heterocycles. The Morgan fingerprint density at radius 1 is 0.963 bits per heavy atom. The van der Waals surface area contributed by atoms with Gasteiger partial charge < -0.3 is 4.74 Å². The van der Waals surface area contributed by atoms with E-state index in [-0.39, 0.29) is 13.1 Å². The number of benzene rings is 2. The van der Waals surface area contributed by atoms with E-state index in [0.717, 1.165) is 33.8 Å². The third-order valence-electron chi connectivity index (χ3n) is 4.55. The van der Waals surface area contributed by atoms with Crippen LogP contribution >= 0.6 is 0 Å². The molecule has 0 saturated carbocycles. The van der Waals surface area contributed by atoms with Crippen molar-refractivity contribution in [3.63, 3.8) is 0 Å². The SMILES string of the molecule is Cc1ccc(OCCN2CCN(S(=O)(=O)c3c(F)cccc3F)CC2)cc1. The van der Waals surface area contributed by atoms with Crippen molar-refractivity contribution in [2.45, 2.75) is 11.8 Å². The maximum Gasteiger partial charge on any atom is 0.249 e. The summed E-state index contributed by atoms with van der Waals surface area (Å²) in [5.41, 5.74) is 1.16. The molecule has 3 rings (SSSR count). The first kappa shape index (κ1) is 19.7. The van der Waals surface area contributed by atoms with Gasteiger partial charge in [0, 0.05) is 32.7 Å². The Morgan fingerprint density at radius 2 is 1.56 bits per heavy atom. The lowest BCUT2D eigenvalue weighted by atomic mass is 10.2. The second-order valence-corrected chi connectivity index (χ2v) is 8.33. The summed E-state index contributed by atoms with van der Waals surface area (Å²) >= 11 is 0. The Hall–Kier alpha value is -2.03. The zero-order valence-electron chi connectivity index (χ0n) is 15.1. The number of aryl methyl sites for hydroxylation is 1. The van der Waals surface area contributed by atoms with Gasteiger partial charge >= 0.3 is 0 Å². The molecule has 0 spiro atoms. The third-order valence-corrected chi connectivity index (χ3v) is 6.50. The number of piperazine rings is 1. The van der Waals surface area contributed by atoms with Crippen molar-refractivity contribution in [3.8, 4) is 5.75 Å². The monoisotopic (exact) mass is 396 g/mol. The number of hydrogen-bond donors (Lipinski definition) is 0. The van der Waals surface area contributed by atoms with Gasteiger partial charge in [0.25, 0.3) is 0 Å². The summed E-state index contributed by atoms with van der Waals surface area (Å²) < 4.78 is 59.7. The second kappa shape index (κ2) is 8.33. The van der Waals surface area contributed by atoms with Gasteiger partial charge in [-0.3, -0.25) is 4.90 Å². The van der Waals surface area contributed by atoms with Gasteiger partial charge in [0.1, 0.15) is 24.0 Å². The topological polar surface area (TPSA) is 49.9 Å². The molecule has 146 valence electrons. The lowest BCUT2D eigenvalue weighted by molar-refractivity contribution is 0.158. The van der Waals surface area contributed by atoms with Crippen LogP contribution in [-0.2, 0) is 10.0 Å². The Morgan fingerprint density at radius 3 is 2.15 bits per heavy atom. The van der Waals surface area contributed by atoms with Crippen molar-refractivity contribution in [3.05, 3.63) is 59.7 Å². The first-order valence-corrected chi connectivity index (χ1v) is 10.2. The first-order valence-electron chi connectivity index (χ1n) is 8.74. The number of hydrogen-bond acceptors (Lipinski definition) is 4. The van der Waals surface area contributed by atoms with Crippen molar-refractivity contribution in [1.29, 1.82) is 0 Å². The minimum Gasteiger partial charge on any atom is -0.492 e. The standard InChI is InChI=1S/C19H22F2N2O3S/c1-15-5-7-16(8-6-15)26-14-13-22-9-11-23(12-10-22)27(24,25)19-17(20)3-2-4-18(19)21/h2-8H,9-14H2,1H3. The molecule has 0 bridgehead atoms. The van der Waals surface area contributed by atoms with E-state index < -0.39 is 26.6 Å². The van der Waals surface area contributed by atoms with Gasteiger partial charge in [-0.15, -0.1) is 0 Å². The molecule has 0 atom stereocenters. The molecule has 27 heavy (non-hydrogen) atoms. The fraction of sp³-hybridized carbons (Fsp3) is 0.368. The summed E-state index contributed by atoms with van der Waals surface area (Å²) in [4.78, 5) is 1.19. The molecule has 0 radical (unpaired) electrons. The predicted octanol–water partition coefficient (Wildman–Crippen LogP) is 2.66. The summed E-state index contributed by atoms with van der Waals surface area (Å²) in [6.07, 6.45) is 0. The Labute approximate surface area is 158 Å². The van der Waals surface area contributed by atoms with Crippen molar-refractivity contribution >= 4 is 10.0 Å². The summed E-state index contributed by atoms with van der Waals surface area (Å²) in [6, 6.07) is 10.8. The highest BCUT2D eigenvalue weighted by molar-refractivity contribution is 7.89. The van der Waals surface area contributed by atoms with Gasteiger partial charge in [-0.05, 0) is 31.2 Å². The molecule has 0 unspecified atom stereocenters. The van der Waals surface area contributed by atoms with Crippen LogP contribution in [0.2, 0.25) is 0 Å². The zero-order chi connectivity index (χ0) is 19.4. The molecule has 0 amide bonds. The van der Waals surface area contributed by atoms with Gasteiger partial charge in [0.05, 0.1) is 0 Å². The van der Waals surface area contributed by atoms with Crippen LogP contribution in [0, 0.1) is 18.6 Å². The third kappa shape index (κ3) is 4.63. The molecule has 0 aliphatic carbocycles. The van der Waals surface area contributed by atoms with E-state index in [2.05, 4.69) is 4.90 Å². The molecule has 1 saturated heterocycles. The smallest absolute Gasteiger partial charge is 0.249 e. The minimum atomic E-state index is -4.19. The Balaban J connectivity index is 1.53. The average molecular weight is 396 g/mol. The molecule has 0 N–H and O–H groups in total. The minimum absolute atomic E-state index is 0.181. The summed E-state index contributed by atoms with van der Waals surface area (Å²) in [6.45, 7) is 4.46. The number of halogens is 2. The number of rotatable bonds is 6. The molecule has 1 aliphatic heterocycles. The van der Waals surface area contributed by atoms with E-state index >= 15 is 0 Å². The van der Waals surface area contributed by atoms with Crippen molar-refractivity contribution in [2.24, 2.45) is 0 Å². The molecular formula is C19H22F2N2O3S. The van der Waals surface area contributed by atoms with Gasteiger partial charge in [0.2, 0.25) is 10.0 Å². The first-order chi connectivity index (χ1) is 12.9. The molecule has 5 nitrogen and oxygen atoms in total. The summed E-state index contributed by atoms with van der Waals surface area (Å²) in [5.74, 6) is -1.34. The fourth-order valence-corrected chi connectivity index (χ4v) is 4.51. The van der Waals surface area contributed by atoms with Crippen molar-refractivity contribution < 1.29 is 21.9 Å². The quantitative estimate of drug-likeness (QED) is 0.753. The molecule has 1 aliphatic rings. The maximum atomic E-state index is 13.9. The second-order valence-electron chi connectivity index (χ2n) is 6.46. The van der Waals surface area contributed by atoms with Gasteiger partial charge in [0.15, 0.2) is 4.90 Å². The van der Waals surface area contributed by atoms with Crippen LogP contribution in [0.3, 0.4) is 0 Å². The van der Waals surface area contributed by atoms with Crippen LogP contribution in [-0.4, -0.2) is 57.0 Å². The number of sulfonamides is 1. The van der Waals surface area contributed by atoms with Crippen LogP contribution < -0.4 is 4.74 Å². The maximum absolute atomic E-state index is 13.9. The van der Waals surface area contributed by atoms with Crippen LogP contribution in [0.25, 0.3) is 0 Å². The highest BCUT2D eigenvalue weighted by Crippen LogP contribution is 2.23. The molecule has 2 aromatic carbocycles. The molecule has 2 aromatic rings. The van der Waals surface area contributed by atoms with Gasteiger partial charge in [-0.2, -0.15) is 4.31 Å². The normalized spacial score (nSPS) is 16.4. The van der Waals surface area contributed by atoms with Crippen molar-refractivity contribution in [1.82, 2.24) is 9.21 Å². The van der Waals surface area contributed by atoms with Gasteiger partial charge in [-0.1, -0.05) is 23.8 Å². The molecule has 0 aromatic heterocycles. The summed E-state index contributed by atoms with van der Waals surface area (Å²) in [7, 11) is -4.19. The van der Waals surface area contributed by atoms with Crippen LogP contribution in [0.4, 0.5) is 8.78 Å². The Bertz CT molecular complexity index is 860. The highest BCUT2D eigenvalue weighted by atomic mass is 32.2. The molecular weight excluding hydrogens is 374 g/mol. The highest BCUT2D eigenvalue weighted by Gasteiger charge is 2.32. The lowest BCUT2D eigenvalue weighted by Gasteiger charge is -2.33. The van der Waals surface area contributed by atoms with Crippen LogP contribution in [0.1, 0.15) is 5.56 Å². The van der Waals surface area contributed by atoms with E-state index in [1.54, 1.807) is 0 Å². The lowest BCUT2D eigenvalue weighted by Crippen LogP contribution is -2.49. The Kier molecular flexibility index (Phi) is 6.08. The largest absolute Gasteiger partial charge is 0.492 e. The average Bonchev–Trinajstić information content (AvgIpc) is 2.63.